The molecule has 1 aromatic heterocycles. The molecule has 0 radical (unpaired) electrons. The minimum atomic E-state index is -1.08. The number of nitrogens with one attached hydrogen (secondary N) is 2. The molecule has 2 aromatic carbocycles. The number of hydrogen-bond acceptors (Lipinski definition) is 4. The van der Waals surface area contributed by atoms with Crippen LogP contribution in [0.15, 0.2) is 60.8 Å². The predicted molar refractivity (Wildman–Crippen MR) is 118 cm³/mol. The van der Waals surface area contributed by atoms with Crippen molar-refractivity contribution in [1.29, 1.82) is 0 Å². The van der Waals surface area contributed by atoms with E-state index in [0.717, 1.165) is 21.6 Å². The molecule has 32 heavy (non-hydrogen) atoms. The molecule has 1 spiro atoms. The van der Waals surface area contributed by atoms with Crippen molar-refractivity contribution in [2.24, 2.45) is 0 Å². The Kier molecular flexibility index (Phi) is 4.94. The number of fused-ring (bicyclic) bond motifs is 2. The number of hydrogen-bond donors (Lipinski definition) is 2. The first-order chi connectivity index (χ1) is 15.5. The van der Waals surface area contributed by atoms with Gasteiger partial charge in [0.1, 0.15) is 17.9 Å². The summed E-state index contributed by atoms with van der Waals surface area (Å²) >= 11 is 6.04. The molecule has 1 aliphatic carbocycles. The molecule has 1 aliphatic heterocycles. The van der Waals surface area contributed by atoms with Gasteiger partial charge < -0.3 is 10.6 Å². The molecule has 0 saturated carbocycles. The molecule has 3 aromatic rings. The van der Waals surface area contributed by atoms with E-state index in [2.05, 4.69) is 15.7 Å². The van der Waals surface area contributed by atoms with Crippen molar-refractivity contribution in [1.82, 2.24) is 20.0 Å². The lowest BCUT2D eigenvalue weighted by atomic mass is 9.92. The first kappa shape index (κ1) is 20.3. The average molecular weight is 450 g/mol. The summed E-state index contributed by atoms with van der Waals surface area (Å²) in [5.74, 6) is -0.414. The maximum absolute atomic E-state index is 13.2. The van der Waals surface area contributed by atoms with Gasteiger partial charge in [-0.05, 0) is 41.7 Å². The molecule has 9 heteroatoms. The molecule has 2 aliphatic rings. The third kappa shape index (κ3) is 3.42. The summed E-state index contributed by atoms with van der Waals surface area (Å²) in [6, 6.07) is 16.0. The quantitative estimate of drug-likeness (QED) is 0.585. The van der Waals surface area contributed by atoms with Crippen LogP contribution in [0.25, 0.3) is 0 Å². The summed E-state index contributed by atoms with van der Waals surface area (Å²) < 4.78 is 1.62. The number of amides is 4. The summed E-state index contributed by atoms with van der Waals surface area (Å²) in [6.45, 7) is 0.0309. The van der Waals surface area contributed by atoms with Gasteiger partial charge in [-0.15, -0.1) is 0 Å². The molecule has 4 amide bonds. The highest BCUT2D eigenvalue weighted by Gasteiger charge is 2.55. The molecule has 1 fully saturated rings. The lowest BCUT2D eigenvalue weighted by molar-refractivity contribution is -0.134. The molecule has 1 unspecified atom stereocenters. The Bertz CT molecular complexity index is 1240. The van der Waals surface area contributed by atoms with Crippen LogP contribution in [0, 0.1) is 0 Å². The zero-order chi connectivity index (χ0) is 22.3. The fourth-order valence-corrected chi connectivity index (χ4v) is 4.65. The van der Waals surface area contributed by atoms with Gasteiger partial charge in [-0.1, -0.05) is 48.0 Å². The zero-order valence-corrected chi connectivity index (χ0v) is 17.8. The third-order valence-corrected chi connectivity index (χ3v) is 6.16. The van der Waals surface area contributed by atoms with E-state index in [4.69, 9.17) is 11.6 Å². The maximum atomic E-state index is 13.2. The van der Waals surface area contributed by atoms with Gasteiger partial charge in [0.15, 0.2) is 0 Å². The Morgan fingerprint density at radius 2 is 2.00 bits per heavy atom. The molecule has 1 saturated heterocycles. The smallest absolute Gasteiger partial charge is 0.319 e. The van der Waals surface area contributed by atoms with E-state index < -0.39 is 23.4 Å². The summed E-state index contributed by atoms with van der Waals surface area (Å²) in [7, 11) is 0. The fraction of sp³-hybridized carbons (Fsp3) is 0.217. The Morgan fingerprint density at radius 3 is 2.84 bits per heavy atom. The standard InChI is InChI=1S/C23H20ClN5O3/c24-17-6-3-4-15(12-17)13-29-19(9-11-25-29)26-20(30)14-28-21(31)23(27-22(28)32)10-8-16-5-1-2-7-18(16)23/h1-7,9,11-12H,8,10,13-14H2,(H,26,30)(H,27,32). The van der Waals surface area contributed by atoms with Crippen molar-refractivity contribution in [2.45, 2.75) is 24.9 Å². The Hall–Kier alpha value is -3.65. The number of imide groups is 1. The number of anilines is 1. The van der Waals surface area contributed by atoms with E-state index in [9.17, 15) is 14.4 Å². The van der Waals surface area contributed by atoms with Crippen LogP contribution in [-0.4, -0.2) is 39.1 Å². The molecule has 2 N–H and O–H groups in total. The van der Waals surface area contributed by atoms with Crippen LogP contribution in [0.1, 0.15) is 23.1 Å². The number of nitrogens with zero attached hydrogens (tertiary/aromatic N) is 3. The summed E-state index contributed by atoms with van der Waals surface area (Å²) in [6.07, 6.45) is 2.75. The molecule has 162 valence electrons. The van der Waals surface area contributed by atoms with Crippen LogP contribution < -0.4 is 10.6 Å². The maximum Gasteiger partial charge on any atom is 0.325 e. The van der Waals surface area contributed by atoms with E-state index in [1.54, 1.807) is 23.0 Å². The van der Waals surface area contributed by atoms with E-state index in [-0.39, 0.29) is 6.54 Å². The van der Waals surface area contributed by atoms with Gasteiger partial charge in [0.05, 0.1) is 12.7 Å². The predicted octanol–water partition coefficient (Wildman–Crippen LogP) is 2.92. The molecule has 8 nitrogen and oxygen atoms in total. The van der Waals surface area contributed by atoms with Gasteiger partial charge in [-0.2, -0.15) is 5.10 Å². The van der Waals surface area contributed by atoms with Crippen molar-refractivity contribution in [2.75, 3.05) is 11.9 Å². The van der Waals surface area contributed by atoms with Crippen molar-refractivity contribution in [3.05, 3.63) is 82.5 Å². The lowest BCUT2D eigenvalue weighted by Crippen LogP contribution is -2.43. The number of halogens is 1. The van der Waals surface area contributed by atoms with Crippen LogP contribution >= 0.6 is 11.6 Å². The number of carbonyl (C=O) groups is 3. The topological polar surface area (TPSA) is 96.3 Å². The largest absolute Gasteiger partial charge is 0.325 e. The average Bonchev–Trinajstić information content (AvgIpc) is 3.43. The second kappa shape index (κ2) is 7.80. The van der Waals surface area contributed by atoms with Gasteiger partial charge in [0.2, 0.25) is 5.91 Å². The van der Waals surface area contributed by atoms with Crippen molar-refractivity contribution >= 4 is 35.3 Å². The van der Waals surface area contributed by atoms with Crippen LogP contribution in [0.3, 0.4) is 0 Å². The van der Waals surface area contributed by atoms with Gasteiger partial charge in [-0.25, -0.2) is 9.48 Å². The summed E-state index contributed by atoms with van der Waals surface area (Å²) in [5.41, 5.74) is 1.69. The van der Waals surface area contributed by atoms with E-state index in [0.29, 0.717) is 30.2 Å². The summed E-state index contributed by atoms with van der Waals surface area (Å²) in [4.78, 5) is 39.5. The number of rotatable bonds is 5. The van der Waals surface area contributed by atoms with Crippen LogP contribution in [0.2, 0.25) is 5.02 Å². The zero-order valence-electron chi connectivity index (χ0n) is 17.0. The highest BCUT2D eigenvalue weighted by molar-refractivity contribution is 6.30. The molecular formula is C23H20ClN5O3. The van der Waals surface area contributed by atoms with Crippen molar-refractivity contribution < 1.29 is 14.4 Å². The second-order valence-corrected chi connectivity index (χ2v) is 8.37. The Labute approximate surface area is 189 Å². The molecule has 2 heterocycles. The minimum Gasteiger partial charge on any atom is -0.319 e. The Balaban J connectivity index is 1.29. The normalized spacial score (nSPS) is 19.3. The van der Waals surface area contributed by atoms with Crippen molar-refractivity contribution in [3.8, 4) is 0 Å². The van der Waals surface area contributed by atoms with E-state index in [1.165, 1.54) is 0 Å². The van der Waals surface area contributed by atoms with Crippen LogP contribution in [0.5, 0.6) is 0 Å². The molecule has 5 rings (SSSR count). The first-order valence-corrected chi connectivity index (χ1v) is 10.6. The SMILES string of the molecule is O=C(CN1C(=O)NC2(CCc3ccccc32)C1=O)Nc1ccnn1Cc1cccc(Cl)c1. The molecule has 1 atom stereocenters. The monoisotopic (exact) mass is 449 g/mol. The lowest BCUT2D eigenvalue weighted by Gasteiger charge is -2.22. The first-order valence-electron chi connectivity index (χ1n) is 10.2. The van der Waals surface area contributed by atoms with Crippen LogP contribution in [0.4, 0.5) is 10.6 Å². The van der Waals surface area contributed by atoms with Gasteiger partial charge in [0, 0.05) is 11.1 Å². The Morgan fingerprint density at radius 1 is 1.16 bits per heavy atom. The van der Waals surface area contributed by atoms with Crippen LogP contribution in [-0.2, 0) is 28.1 Å². The number of aromatic nitrogens is 2. The molecular weight excluding hydrogens is 430 g/mol. The number of urea groups is 1. The minimum absolute atomic E-state index is 0.378. The second-order valence-electron chi connectivity index (χ2n) is 7.94. The van der Waals surface area contributed by atoms with Gasteiger partial charge in [0.25, 0.3) is 5.91 Å². The van der Waals surface area contributed by atoms with Crippen molar-refractivity contribution in [3.63, 3.8) is 0 Å². The third-order valence-electron chi connectivity index (χ3n) is 5.93. The van der Waals surface area contributed by atoms with Gasteiger partial charge >= 0.3 is 6.03 Å². The highest BCUT2D eigenvalue weighted by atomic mass is 35.5. The number of aryl methyl sites for hydroxylation is 1. The van der Waals surface area contributed by atoms with E-state index in [1.807, 2.05) is 42.5 Å². The highest BCUT2D eigenvalue weighted by Crippen LogP contribution is 2.41. The summed E-state index contributed by atoms with van der Waals surface area (Å²) in [5, 5.41) is 10.4. The fourth-order valence-electron chi connectivity index (χ4n) is 4.43. The number of benzene rings is 2. The number of carbonyl (C=O) groups excluding carboxylic acids is 3. The van der Waals surface area contributed by atoms with E-state index >= 15 is 0 Å². The molecule has 0 bridgehead atoms. The van der Waals surface area contributed by atoms with Gasteiger partial charge in [-0.3, -0.25) is 14.5 Å².